The number of rotatable bonds is 8. The molecule has 6 heteroatoms. The minimum atomic E-state index is 0.486. The molecule has 0 radical (unpaired) electrons. The first kappa shape index (κ1) is 20.9. The Morgan fingerprint density at radius 2 is 2.00 bits per heavy atom. The molecule has 0 aromatic heterocycles. The molecule has 1 aliphatic heterocycles. The van der Waals surface area contributed by atoms with Gasteiger partial charge in [-0.15, -0.1) is 0 Å². The molecular weight excluding hydrogens is 352 g/mol. The Labute approximate surface area is 169 Å². The second-order valence-corrected chi connectivity index (χ2v) is 8.00. The molecule has 0 spiro atoms. The topological polar surface area (TPSA) is 72.1 Å². The molecule has 2 fully saturated rings. The van der Waals surface area contributed by atoms with E-state index in [2.05, 4.69) is 34.4 Å². The molecule has 0 atom stereocenters. The molecule has 2 aliphatic rings. The molecule has 3 N–H and O–H groups in total. The van der Waals surface area contributed by atoms with Crippen LogP contribution < -0.4 is 15.8 Å². The highest BCUT2D eigenvalue weighted by molar-refractivity contribution is 5.78. The zero-order valence-electron chi connectivity index (χ0n) is 17.2. The van der Waals surface area contributed by atoms with Crippen LogP contribution in [0.5, 0.6) is 5.75 Å². The first-order valence-corrected chi connectivity index (χ1v) is 10.8. The zero-order chi connectivity index (χ0) is 19.6. The van der Waals surface area contributed by atoms with Crippen LogP contribution in [-0.2, 0) is 11.3 Å². The van der Waals surface area contributed by atoms with Crippen molar-refractivity contribution in [1.82, 2.24) is 10.2 Å². The molecule has 28 heavy (non-hydrogen) atoms. The number of nitrogens with zero attached hydrogens (tertiary/aromatic N) is 2. The lowest BCUT2D eigenvalue weighted by atomic mass is 9.96. The quantitative estimate of drug-likeness (QED) is 0.529. The minimum Gasteiger partial charge on any atom is -0.492 e. The van der Waals surface area contributed by atoms with Gasteiger partial charge in [-0.3, -0.25) is 4.90 Å². The van der Waals surface area contributed by atoms with Gasteiger partial charge in [0, 0.05) is 31.8 Å². The van der Waals surface area contributed by atoms with Crippen LogP contribution in [0.15, 0.2) is 29.3 Å². The molecule has 1 aliphatic carbocycles. The Kier molecular flexibility index (Phi) is 8.42. The molecule has 1 heterocycles. The van der Waals surface area contributed by atoms with Gasteiger partial charge in [-0.2, -0.15) is 0 Å². The summed E-state index contributed by atoms with van der Waals surface area (Å²) < 4.78 is 11.4. The first-order chi connectivity index (χ1) is 13.7. The molecule has 0 unspecified atom stereocenters. The van der Waals surface area contributed by atoms with Gasteiger partial charge in [0.15, 0.2) is 5.96 Å². The van der Waals surface area contributed by atoms with Crippen molar-refractivity contribution in [1.29, 1.82) is 0 Å². The summed E-state index contributed by atoms with van der Waals surface area (Å²) >= 11 is 0. The van der Waals surface area contributed by atoms with Crippen molar-refractivity contribution >= 4 is 5.96 Å². The fourth-order valence-electron chi connectivity index (χ4n) is 4.03. The van der Waals surface area contributed by atoms with Crippen LogP contribution >= 0.6 is 0 Å². The van der Waals surface area contributed by atoms with Crippen LogP contribution in [0.2, 0.25) is 0 Å². The highest BCUT2D eigenvalue weighted by Crippen LogP contribution is 2.18. The van der Waals surface area contributed by atoms with E-state index in [4.69, 9.17) is 15.2 Å². The van der Waals surface area contributed by atoms with Gasteiger partial charge < -0.3 is 20.5 Å². The Morgan fingerprint density at radius 1 is 1.21 bits per heavy atom. The van der Waals surface area contributed by atoms with Crippen LogP contribution in [-0.4, -0.2) is 56.4 Å². The summed E-state index contributed by atoms with van der Waals surface area (Å²) in [5, 5.41) is 3.36. The Hall–Kier alpha value is -1.79. The van der Waals surface area contributed by atoms with Crippen molar-refractivity contribution < 1.29 is 9.47 Å². The average molecular weight is 389 g/mol. The van der Waals surface area contributed by atoms with Gasteiger partial charge in [-0.1, -0.05) is 31.4 Å². The largest absolute Gasteiger partial charge is 0.492 e. The number of nitrogens with one attached hydrogen (secondary N) is 1. The summed E-state index contributed by atoms with van der Waals surface area (Å²) in [4.78, 5) is 6.89. The van der Waals surface area contributed by atoms with Gasteiger partial charge in [0.1, 0.15) is 12.4 Å². The molecule has 1 aromatic carbocycles. The van der Waals surface area contributed by atoms with Crippen molar-refractivity contribution in [3.63, 3.8) is 0 Å². The Bertz CT molecular complexity index is 610. The predicted molar refractivity (Wildman–Crippen MR) is 114 cm³/mol. The van der Waals surface area contributed by atoms with Crippen LogP contribution in [0, 0.1) is 0 Å². The van der Waals surface area contributed by atoms with Crippen LogP contribution in [0.4, 0.5) is 0 Å². The third-order valence-electron chi connectivity index (χ3n) is 5.81. The van der Waals surface area contributed by atoms with Gasteiger partial charge in [-0.25, -0.2) is 4.99 Å². The molecular formula is C22H36N4O2. The lowest BCUT2D eigenvalue weighted by Gasteiger charge is -2.31. The number of likely N-dealkylation sites (N-methyl/N-ethyl adjacent to an activating group) is 1. The van der Waals surface area contributed by atoms with Gasteiger partial charge in [0.25, 0.3) is 0 Å². The molecule has 1 aromatic rings. The minimum absolute atomic E-state index is 0.486. The number of guanidine groups is 1. The van der Waals surface area contributed by atoms with Crippen molar-refractivity contribution in [2.75, 3.05) is 33.4 Å². The highest BCUT2D eigenvalue weighted by Gasteiger charge is 2.18. The van der Waals surface area contributed by atoms with Crippen LogP contribution in [0.1, 0.15) is 50.5 Å². The van der Waals surface area contributed by atoms with Gasteiger partial charge in [0.05, 0.1) is 6.54 Å². The summed E-state index contributed by atoms with van der Waals surface area (Å²) in [5.74, 6) is 1.45. The third kappa shape index (κ3) is 6.99. The predicted octanol–water partition coefficient (Wildman–Crippen LogP) is 2.91. The first-order valence-electron chi connectivity index (χ1n) is 10.8. The standard InChI is InChI=1S/C22H36N4O2/c1-26(20-10-13-27-14-11-20)12-15-28-21-9-5-6-18(16-21)17-24-22(23)25-19-7-3-2-4-8-19/h5-6,9,16,19-20H,2-4,7-8,10-15,17H2,1H3,(H3,23,24,25). The molecule has 0 bridgehead atoms. The third-order valence-corrected chi connectivity index (χ3v) is 5.81. The number of hydrogen-bond donors (Lipinski definition) is 2. The van der Waals surface area contributed by atoms with E-state index in [0.29, 0.717) is 31.2 Å². The van der Waals surface area contributed by atoms with E-state index in [-0.39, 0.29) is 0 Å². The van der Waals surface area contributed by atoms with E-state index in [1.807, 2.05) is 12.1 Å². The van der Waals surface area contributed by atoms with E-state index in [0.717, 1.165) is 43.9 Å². The second-order valence-electron chi connectivity index (χ2n) is 8.00. The van der Waals surface area contributed by atoms with Crippen LogP contribution in [0.25, 0.3) is 0 Å². The van der Waals surface area contributed by atoms with E-state index < -0.39 is 0 Å². The lowest BCUT2D eigenvalue weighted by molar-refractivity contribution is 0.0392. The van der Waals surface area contributed by atoms with Gasteiger partial charge >= 0.3 is 0 Å². The summed E-state index contributed by atoms with van der Waals surface area (Å²) in [6, 6.07) is 9.25. The van der Waals surface area contributed by atoms with E-state index in [9.17, 15) is 0 Å². The fourth-order valence-corrected chi connectivity index (χ4v) is 4.03. The second kappa shape index (κ2) is 11.3. The molecule has 156 valence electrons. The van der Waals surface area contributed by atoms with Crippen LogP contribution in [0.3, 0.4) is 0 Å². The van der Waals surface area contributed by atoms with Crippen molar-refractivity contribution in [3.05, 3.63) is 29.8 Å². The molecule has 6 nitrogen and oxygen atoms in total. The SMILES string of the molecule is CN(CCOc1cccc(CN=C(N)NC2CCCCC2)c1)C1CCOCC1. The summed E-state index contributed by atoms with van der Waals surface area (Å²) in [7, 11) is 2.17. The van der Waals surface area contributed by atoms with Crippen molar-refractivity contribution in [2.45, 2.75) is 63.6 Å². The Balaban J connectivity index is 1.41. The number of hydrogen-bond acceptors (Lipinski definition) is 4. The summed E-state index contributed by atoms with van der Waals surface area (Å²) in [6.45, 7) is 3.93. The summed E-state index contributed by atoms with van der Waals surface area (Å²) in [6.07, 6.45) is 8.53. The van der Waals surface area contributed by atoms with Crippen molar-refractivity contribution in [3.8, 4) is 5.75 Å². The smallest absolute Gasteiger partial charge is 0.189 e. The molecule has 0 amide bonds. The highest BCUT2D eigenvalue weighted by atomic mass is 16.5. The number of benzene rings is 1. The van der Waals surface area contributed by atoms with Crippen molar-refractivity contribution in [2.24, 2.45) is 10.7 Å². The molecule has 1 saturated carbocycles. The monoisotopic (exact) mass is 388 g/mol. The maximum Gasteiger partial charge on any atom is 0.189 e. The number of nitrogens with two attached hydrogens (primary N) is 1. The average Bonchev–Trinajstić information content (AvgIpc) is 2.74. The molecule has 3 rings (SSSR count). The normalized spacial score (nSPS) is 19.7. The maximum atomic E-state index is 6.07. The lowest BCUT2D eigenvalue weighted by Crippen LogP contribution is -2.41. The molecule has 1 saturated heterocycles. The van der Waals surface area contributed by atoms with Gasteiger partial charge in [-0.05, 0) is 50.4 Å². The fraction of sp³-hybridized carbons (Fsp3) is 0.682. The Morgan fingerprint density at radius 3 is 2.79 bits per heavy atom. The zero-order valence-corrected chi connectivity index (χ0v) is 17.2. The number of aliphatic imine (C=N–C) groups is 1. The summed E-state index contributed by atoms with van der Waals surface area (Å²) in [5.41, 5.74) is 7.18. The van der Waals surface area contributed by atoms with Gasteiger partial charge in [0.2, 0.25) is 0 Å². The van der Waals surface area contributed by atoms with E-state index in [1.165, 1.54) is 32.1 Å². The van der Waals surface area contributed by atoms with E-state index in [1.54, 1.807) is 0 Å². The van der Waals surface area contributed by atoms with E-state index >= 15 is 0 Å². The number of ether oxygens (including phenoxy) is 2. The maximum absolute atomic E-state index is 6.07.